The zero-order valence-electron chi connectivity index (χ0n) is 39.2. The van der Waals surface area contributed by atoms with Gasteiger partial charge in [-0.1, -0.05) is 35.6 Å². The number of sulfonamides is 1. The van der Waals surface area contributed by atoms with Crippen molar-refractivity contribution in [1.29, 1.82) is 0 Å². The molecule has 0 spiro atoms. The molecule has 7 rings (SSSR count). The zero-order chi connectivity index (χ0) is 55.8. The van der Waals surface area contributed by atoms with Gasteiger partial charge < -0.3 is 19.8 Å². The van der Waals surface area contributed by atoms with E-state index in [-0.39, 0.29) is 48.9 Å². The quantitative estimate of drug-likeness (QED) is 0.0242. The number of carbonyl (C=O) groups is 2. The van der Waals surface area contributed by atoms with Crippen molar-refractivity contribution in [3.63, 3.8) is 0 Å². The summed E-state index contributed by atoms with van der Waals surface area (Å²) in [4.78, 5) is 49.8. The number of ether oxygens (including phenoxy) is 1. The first-order chi connectivity index (χ1) is 34.4. The number of anilines is 1. The molecule has 17 nitrogen and oxygen atoms in total. The largest absolute Gasteiger partial charge is 0.443 e. The van der Waals surface area contributed by atoms with Crippen molar-refractivity contribution in [2.75, 3.05) is 29.7 Å². The Morgan fingerprint density at radius 1 is 0.960 bits per heavy atom. The van der Waals surface area contributed by atoms with Gasteiger partial charge >= 0.3 is 31.8 Å². The molecular weight excluding hydrogens is 1110 g/mol. The first-order valence-electron chi connectivity index (χ1n) is 21.8. The fourth-order valence-corrected chi connectivity index (χ4v) is 10.3. The molecule has 0 saturated heterocycles. The molecule has 5 aromatic rings. The number of fused-ring (bicyclic) bond motifs is 4. The minimum absolute atomic E-state index is 0.0171. The predicted octanol–water partition coefficient (Wildman–Crippen LogP) is 7.32. The summed E-state index contributed by atoms with van der Waals surface area (Å²) in [5.74, 6) is -9.01. The van der Waals surface area contributed by atoms with Crippen molar-refractivity contribution in [3.05, 3.63) is 93.0 Å². The number of amides is 1. The predicted molar refractivity (Wildman–Crippen MR) is 247 cm³/mol. The molecule has 31 heteroatoms. The topological polar surface area (TPSA) is 233 Å². The molecule has 3 atom stereocenters. The van der Waals surface area contributed by atoms with Crippen LogP contribution in [0, 0.1) is 29.4 Å². The van der Waals surface area contributed by atoms with Crippen LogP contribution in [0.3, 0.4) is 0 Å². The molecule has 3 heterocycles. The first kappa shape index (κ1) is 56.9. The molecule has 75 heavy (non-hydrogen) atoms. The van der Waals surface area contributed by atoms with E-state index in [0.29, 0.717) is 12.3 Å². The lowest BCUT2D eigenvalue weighted by Gasteiger charge is -2.25. The Hall–Kier alpha value is -5.79. The minimum atomic E-state index is -5.30. The number of benzene rings is 2. The third-order valence-electron chi connectivity index (χ3n) is 12.3. The fraction of sp³-hybridized carbons (Fsp3) is 0.432. The molecular formula is C44H41ClF10N7O10PS2. The summed E-state index contributed by atoms with van der Waals surface area (Å²) in [6.45, 7) is -1.90. The van der Waals surface area contributed by atoms with Crippen LogP contribution in [0.25, 0.3) is 22.0 Å². The van der Waals surface area contributed by atoms with Crippen molar-refractivity contribution in [3.8, 4) is 23.0 Å². The summed E-state index contributed by atoms with van der Waals surface area (Å²) in [6, 6.07) is 4.96. The van der Waals surface area contributed by atoms with Gasteiger partial charge in [-0.3, -0.25) is 28.5 Å². The number of sulfone groups is 1. The summed E-state index contributed by atoms with van der Waals surface area (Å²) >= 11 is 6.62. The van der Waals surface area contributed by atoms with Crippen molar-refractivity contribution in [2.24, 2.45) is 5.92 Å². The van der Waals surface area contributed by atoms with Crippen LogP contribution >= 0.6 is 19.2 Å². The average Bonchev–Trinajstić information content (AvgIpc) is 3.83. The normalized spacial score (nSPS) is 16.9. The number of aromatic nitrogens is 5. The second kappa shape index (κ2) is 20.0. The molecule has 0 saturated carbocycles. The van der Waals surface area contributed by atoms with Gasteiger partial charge in [0.15, 0.2) is 28.1 Å². The van der Waals surface area contributed by atoms with Crippen LogP contribution in [0.15, 0.2) is 42.5 Å². The van der Waals surface area contributed by atoms with Gasteiger partial charge in [0.05, 0.1) is 57.2 Å². The standard InChI is InChI=1S/C44H41ClF10N7O10PS2/c1-41(2,74(3,68)69)13-11-25-5-6-26(27-8-10-30(45)35-37(27)61(20-42(48,49)50)59-40(35)62(75(4,70)71)21-72-33(64)12-14-73(65,66)67)36(56-25)31(17-22-15-23(46)18-24(47)16-22)57-32(63)19-60-39-34(38(58-60)44(53,54)55)28-7-9-29(28)43(39,51)52/h5-6,8,10,15-16,18,28-29,31H,11-14,17,19-21H2,1-4H3,(H,57,63)(H2,65,66,67)/t28-,29+,31-/m0/s1. The Kier molecular flexibility index (Phi) is 15.2. The lowest BCUT2D eigenvalue weighted by molar-refractivity contribution is -0.143. The average molecular weight is 1150 g/mol. The number of halogens is 11. The molecule has 3 aromatic heterocycles. The minimum Gasteiger partial charge on any atom is -0.443 e. The molecule has 2 aliphatic rings. The van der Waals surface area contributed by atoms with Crippen LogP contribution in [0.5, 0.6) is 0 Å². The number of aryl methyl sites for hydroxylation is 1. The molecule has 2 aromatic carbocycles. The molecule has 406 valence electrons. The van der Waals surface area contributed by atoms with E-state index in [1.54, 1.807) is 0 Å². The number of carbonyl (C=O) groups excluding carboxylic acids is 2. The number of nitrogens with one attached hydrogen (secondary N) is 1. The third kappa shape index (κ3) is 12.3. The Bertz CT molecular complexity index is 3460. The van der Waals surface area contributed by atoms with E-state index in [0.717, 1.165) is 30.5 Å². The van der Waals surface area contributed by atoms with Crippen LogP contribution in [-0.2, 0) is 76.8 Å². The van der Waals surface area contributed by atoms with E-state index in [1.165, 1.54) is 26.0 Å². The molecule has 3 N–H and O–H groups in total. The first-order valence-corrected chi connectivity index (χ1v) is 27.7. The van der Waals surface area contributed by atoms with Crippen molar-refractivity contribution >= 4 is 67.7 Å². The maximum Gasteiger partial charge on any atom is 0.435 e. The van der Waals surface area contributed by atoms with Gasteiger partial charge in [0, 0.05) is 34.7 Å². The summed E-state index contributed by atoms with van der Waals surface area (Å²) < 4.78 is 215. The van der Waals surface area contributed by atoms with E-state index in [1.807, 2.05) is 0 Å². The van der Waals surface area contributed by atoms with E-state index in [2.05, 4.69) is 32.3 Å². The molecule has 0 radical (unpaired) electrons. The second-order valence-electron chi connectivity index (χ2n) is 18.3. The van der Waals surface area contributed by atoms with Crippen molar-refractivity contribution < 1.29 is 89.4 Å². The number of alkyl halides is 8. The highest BCUT2D eigenvalue weighted by atomic mass is 35.5. The van der Waals surface area contributed by atoms with Crippen LogP contribution in [0.2, 0.25) is 5.02 Å². The Labute approximate surface area is 424 Å². The maximum absolute atomic E-state index is 15.8. The van der Waals surface area contributed by atoms with Gasteiger partial charge in [-0.15, -0.1) is 0 Å². The number of esters is 1. The molecule has 0 unspecified atom stereocenters. The molecule has 2 aliphatic carbocycles. The Morgan fingerprint density at radius 3 is 2.16 bits per heavy atom. The number of hydrogen-bond donors (Lipinski definition) is 3. The van der Waals surface area contributed by atoms with E-state index in [9.17, 15) is 75.9 Å². The highest BCUT2D eigenvalue weighted by Crippen LogP contribution is 2.58. The number of pyridine rings is 1. The summed E-state index contributed by atoms with van der Waals surface area (Å²) in [7, 11) is -13.3. The van der Waals surface area contributed by atoms with Gasteiger partial charge in [0.1, 0.15) is 36.3 Å². The van der Waals surface area contributed by atoms with Gasteiger partial charge in [0.2, 0.25) is 15.9 Å². The van der Waals surface area contributed by atoms with E-state index in [4.69, 9.17) is 16.3 Å². The zero-order valence-corrected chi connectivity index (χ0v) is 42.5. The van der Waals surface area contributed by atoms with Gasteiger partial charge in [-0.2, -0.15) is 45.3 Å². The number of rotatable bonds is 19. The second-order valence-corrected chi connectivity index (χ2v) is 25.1. The molecule has 0 bridgehead atoms. The van der Waals surface area contributed by atoms with Crippen molar-refractivity contribution in [2.45, 2.75) is 87.6 Å². The summed E-state index contributed by atoms with van der Waals surface area (Å²) in [5.41, 5.74) is -5.86. The monoisotopic (exact) mass is 1150 g/mol. The maximum atomic E-state index is 15.8. The third-order valence-corrected chi connectivity index (χ3v) is 16.7. The Balaban J connectivity index is 1.44. The highest BCUT2D eigenvalue weighted by Gasteiger charge is 2.62. The van der Waals surface area contributed by atoms with Crippen LogP contribution in [0.1, 0.15) is 72.6 Å². The summed E-state index contributed by atoms with van der Waals surface area (Å²) in [5, 5.41) is 8.67. The fourth-order valence-electron chi connectivity index (χ4n) is 8.39. The van der Waals surface area contributed by atoms with Crippen LogP contribution in [-0.4, -0.2) is 99.4 Å². The smallest absolute Gasteiger partial charge is 0.435 e. The number of hydrogen-bond acceptors (Lipinski definition) is 11. The van der Waals surface area contributed by atoms with Gasteiger partial charge in [0.25, 0.3) is 0 Å². The lowest BCUT2D eigenvalue weighted by atomic mass is 9.84. The Morgan fingerprint density at radius 2 is 1.60 bits per heavy atom. The van der Waals surface area contributed by atoms with Crippen LogP contribution < -0.4 is 9.62 Å². The molecule has 1 amide bonds. The molecule has 0 fully saturated rings. The van der Waals surface area contributed by atoms with Gasteiger partial charge in [-0.05, 0) is 62.9 Å². The molecule has 0 aliphatic heterocycles. The lowest BCUT2D eigenvalue weighted by Crippen LogP contribution is -2.36. The van der Waals surface area contributed by atoms with Crippen molar-refractivity contribution in [1.82, 2.24) is 29.9 Å². The van der Waals surface area contributed by atoms with E-state index >= 15 is 8.78 Å². The highest BCUT2D eigenvalue weighted by molar-refractivity contribution is 7.92. The number of nitrogens with zero attached hydrogens (tertiary/aromatic N) is 6. The van der Waals surface area contributed by atoms with E-state index < -0.39 is 175 Å². The van der Waals surface area contributed by atoms with Crippen LogP contribution in [0.4, 0.5) is 49.7 Å². The summed E-state index contributed by atoms with van der Waals surface area (Å²) in [6.07, 6.45) is -12.0. The SMILES string of the molecule is CC(C)(CCc1ccc(-c2ccc(Cl)c3c(N(COC(=O)CCP(=O)(O)O)S(C)(=O)=O)nn(CC(F)(F)F)c23)c([C@H](Cc2cc(F)cc(F)c2)NC(=O)Cn2nc(C(F)(F)F)c3c2C(F)(F)[C@@H]2C#C[C@H]32)n1)S(C)(=O)=O. The van der Waals surface area contributed by atoms with Gasteiger partial charge in [-0.25, -0.2) is 29.9 Å².